The van der Waals surface area contributed by atoms with Crippen LogP contribution in [0, 0.1) is 0 Å². The Morgan fingerprint density at radius 3 is 2.52 bits per heavy atom. The van der Waals surface area contributed by atoms with Crippen LogP contribution in [0.4, 0.5) is 10.5 Å². The SMILES string of the molecule is COC(=O)c1ccc(OCC2COC(=O)N2c2ccc(Cl)cc2)cc1. The summed E-state index contributed by atoms with van der Waals surface area (Å²) in [4.78, 5) is 25.0. The molecule has 0 bridgehead atoms. The number of ether oxygens (including phenoxy) is 3. The summed E-state index contributed by atoms with van der Waals surface area (Å²) in [6.07, 6.45) is -0.419. The van der Waals surface area contributed by atoms with Crippen molar-refractivity contribution < 1.29 is 23.8 Å². The molecule has 0 N–H and O–H groups in total. The summed E-state index contributed by atoms with van der Waals surface area (Å²) in [5, 5.41) is 0.592. The quantitative estimate of drug-likeness (QED) is 0.762. The lowest BCUT2D eigenvalue weighted by atomic mass is 10.2. The molecule has 0 aromatic heterocycles. The van der Waals surface area contributed by atoms with Crippen molar-refractivity contribution >= 4 is 29.4 Å². The number of cyclic esters (lactones) is 1. The second-order valence-electron chi connectivity index (χ2n) is 5.40. The summed E-state index contributed by atoms with van der Waals surface area (Å²) in [5.74, 6) is 0.179. The molecule has 1 saturated heterocycles. The Hall–Kier alpha value is -2.73. The summed E-state index contributed by atoms with van der Waals surface area (Å²) in [6.45, 7) is 0.494. The van der Waals surface area contributed by atoms with Crippen molar-refractivity contribution in [2.45, 2.75) is 6.04 Å². The number of anilines is 1. The van der Waals surface area contributed by atoms with E-state index in [4.69, 9.17) is 21.1 Å². The number of halogens is 1. The highest BCUT2D eigenvalue weighted by atomic mass is 35.5. The number of amides is 1. The number of rotatable bonds is 5. The number of esters is 1. The van der Waals surface area contributed by atoms with Gasteiger partial charge in [0.1, 0.15) is 25.0 Å². The fourth-order valence-electron chi connectivity index (χ4n) is 2.50. The van der Waals surface area contributed by atoms with Crippen LogP contribution in [-0.4, -0.2) is 38.4 Å². The zero-order valence-electron chi connectivity index (χ0n) is 13.5. The largest absolute Gasteiger partial charge is 0.491 e. The molecule has 1 amide bonds. The molecule has 2 aromatic rings. The van der Waals surface area contributed by atoms with Crippen LogP contribution in [0.1, 0.15) is 10.4 Å². The van der Waals surface area contributed by atoms with Crippen LogP contribution >= 0.6 is 11.6 Å². The molecule has 1 heterocycles. The van der Waals surface area contributed by atoms with Gasteiger partial charge in [-0.25, -0.2) is 9.59 Å². The van der Waals surface area contributed by atoms with Crippen molar-refractivity contribution in [1.29, 1.82) is 0 Å². The number of nitrogens with zero attached hydrogens (tertiary/aromatic N) is 1. The van der Waals surface area contributed by atoms with Crippen LogP contribution in [0.2, 0.25) is 5.02 Å². The normalized spacial score (nSPS) is 16.5. The predicted octanol–water partition coefficient (Wildman–Crippen LogP) is 3.53. The van der Waals surface area contributed by atoms with Gasteiger partial charge in [-0.15, -0.1) is 0 Å². The van der Waals surface area contributed by atoms with E-state index in [2.05, 4.69) is 4.74 Å². The predicted molar refractivity (Wildman–Crippen MR) is 92.3 cm³/mol. The zero-order chi connectivity index (χ0) is 17.8. The minimum atomic E-state index is -0.419. The van der Waals surface area contributed by atoms with Gasteiger partial charge in [-0.3, -0.25) is 4.90 Å². The highest BCUT2D eigenvalue weighted by molar-refractivity contribution is 6.30. The van der Waals surface area contributed by atoms with Crippen LogP contribution in [0.3, 0.4) is 0 Å². The number of benzene rings is 2. The van der Waals surface area contributed by atoms with Gasteiger partial charge in [0.05, 0.1) is 12.7 Å². The second-order valence-corrected chi connectivity index (χ2v) is 5.84. The van der Waals surface area contributed by atoms with Crippen LogP contribution < -0.4 is 9.64 Å². The number of carbonyl (C=O) groups is 2. The highest BCUT2D eigenvalue weighted by Crippen LogP contribution is 2.25. The highest BCUT2D eigenvalue weighted by Gasteiger charge is 2.34. The topological polar surface area (TPSA) is 65.1 Å². The first kappa shape index (κ1) is 17.1. The molecule has 25 heavy (non-hydrogen) atoms. The Balaban J connectivity index is 1.66. The van der Waals surface area contributed by atoms with Crippen molar-refractivity contribution in [3.05, 3.63) is 59.1 Å². The van der Waals surface area contributed by atoms with Crippen LogP contribution in [0.25, 0.3) is 0 Å². The molecular weight excluding hydrogens is 346 g/mol. The van der Waals surface area contributed by atoms with Gasteiger partial charge in [0.25, 0.3) is 0 Å². The van der Waals surface area contributed by atoms with E-state index in [1.807, 2.05) is 0 Å². The lowest BCUT2D eigenvalue weighted by Crippen LogP contribution is -2.37. The van der Waals surface area contributed by atoms with Crippen LogP contribution in [-0.2, 0) is 9.47 Å². The van der Waals surface area contributed by atoms with Gasteiger partial charge < -0.3 is 14.2 Å². The molecule has 1 aliphatic rings. The standard InChI is InChI=1S/C18H16ClNO5/c1-23-17(21)12-2-8-16(9-3-12)24-10-15-11-25-18(22)20(15)14-6-4-13(19)5-7-14/h2-9,15H,10-11H2,1H3. The van der Waals surface area contributed by atoms with Gasteiger partial charge in [0.15, 0.2) is 0 Å². The minimum absolute atomic E-state index is 0.238. The lowest BCUT2D eigenvalue weighted by molar-refractivity contribution is 0.0600. The summed E-state index contributed by atoms with van der Waals surface area (Å²) >= 11 is 5.89. The maximum atomic E-state index is 12.0. The molecule has 0 radical (unpaired) electrons. The third-order valence-electron chi connectivity index (χ3n) is 3.78. The van der Waals surface area contributed by atoms with E-state index in [0.29, 0.717) is 22.0 Å². The fourth-order valence-corrected chi connectivity index (χ4v) is 2.62. The maximum absolute atomic E-state index is 12.0. The van der Waals surface area contributed by atoms with Gasteiger partial charge in [0, 0.05) is 10.7 Å². The molecule has 130 valence electrons. The first-order valence-electron chi connectivity index (χ1n) is 7.61. The van der Waals surface area contributed by atoms with Gasteiger partial charge in [-0.05, 0) is 48.5 Å². The number of carbonyl (C=O) groups excluding carboxylic acids is 2. The Kier molecular flexibility index (Phi) is 5.09. The second kappa shape index (κ2) is 7.44. The Labute approximate surface area is 149 Å². The molecule has 1 aliphatic heterocycles. The van der Waals surface area contributed by atoms with E-state index in [9.17, 15) is 9.59 Å². The van der Waals surface area contributed by atoms with E-state index in [-0.39, 0.29) is 19.3 Å². The molecule has 0 aliphatic carbocycles. The summed E-state index contributed by atoms with van der Waals surface area (Å²) in [5.41, 5.74) is 1.14. The van der Waals surface area contributed by atoms with Gasteiger partial charge in [0.2, 0.25) is 0 Å². The average molecular weight is 362 g/mol. The minimum Gasteiger partial charge on any atom is -0.491 e. The molecule has 6 nitrogen and oxygen atoms in total. The average Bonchev–Trinajstić information content (AvgIpc) is 3.01. The van der Waals surface area contributed by atoms with E-state index in [1.54, 1.807) is 53.4 Å². The molecular formula is C18H16ClNO5. The van der Waals surface area contributed by atoms with Crippen molar-refractivity contribution in [3.63, 3.8) is 0 Å². The third kappa shape index (κ3) is 3.85. The Morgan fingerprint density at radius 2 is 1.88 bits per heavy atom. The van der Waals surface area contributed by atoms with Crippen molar-refractivity contribution in [2.24, 2.45) is 0 Å². The lowest BCUT2D eigenvalue weighted by Gasteiger charge is -2.21. The van der Waals surface area contributed by atoms with Gasteiger partial charge in [-0.1, -0.05) is 11.6 Å². The molecule has 7 heteroatoms. The third-order valence-corrected chi connectivity index (χ3v) is 4.04. The summed E-state index contributed by atoms with van der Waals surface area (Å²) in [7, 11) is 1.33. The summed E-state index contributed by atoms with van der Waals surface area (Å²) in [6, 6.07) is 13.3. The van der Waals surface area contributed by atoms with E-state index >= 15 is 0 Å². The van der Waals surface area contributed by atoms with Crippen molar-refractivity contribution in [3.8, 4) is 5.75 Å². The van der Waals surface area contributed by atoms with E-state index in [1.165, 1.54) is 7.11 Å². The van der Waals surface area contributed by atoms with E-state index < -0.39 is 12.1 Å². The van der Waals surface area contributed by atoms with Gasteiger partial charge in [-0.2, -0.15) is 0 Å². The zero-order valence-corrected chi connectivity index (χ0v) is 14.2. The first-order chi connectivity index (χ1) is 12.1. The molecule has 2 aromatic carbocycles. The van der Waals surface area contributed by atoms with Crippen LogP contribution in [0.15, 0.2) is 48.5 Å². The number of hydrogen-bond acceptors (Lipinski definition) is 5. The van der Waals surface area contributed by atoms with Gasteiger partial charge >= 0.3 is 12.1 Å². The molecule has 0 saturated carbocycles. The molecule has 1 atom stereocenters. The smallest absolute Gasteiger partial charge is 0.414 e. The molecule has 3 rings (SSSR count). The number of hydrogen-bond donors (Lipinski definition) is 0. The maximum Gasteiger partial charge on any atom is 0.414 e. The molecule has 0 spiro atoms. The monoisotopic (exact) mass is 361 g/mol. The van der Waals surface area contributed by atoms with Crippen molar-refractivity contribution in [2.75, 3.05) is 25.2 Å². The van der Waals surface area contributed by atoms with Crippen LogP contribution in [0.5, 0.6) is 5.75 Å². The van der Waals surface area contributed by atoms with E-state index in [0.717, 1.165) is 0 Å². The number of methoxy groups -OCH3 is 1. The Bertz CT molecular complexity index is 760. The molecule has 1 unspecified atom stereocenters. The Morgan fingerprint density at radius 1 is 1.20 bits per heavy atom. The van der Waals surface area contributed by atoms with Crippen molar-refractivity contribution in [1.82, 2.24) is 0 Å². The molecule has 1 fully saturated rings. The fraction of sp³-hybridized carbons (Fsp3) is 0.222. The first-order valence-corrected chi connectivity index (χ1v) is 7.99. The summed E-state index contributed by atoms with van der Waals surface area (Å²) < 4.78 is 15.5.